The Morgan fingerprint density at radius 2 is 1.94 bits per heavy atom. The molecule has 100 valence electrons. The molecular formula is C12H18N2O3S. The van der Waals surface area contributed by atoms with Gasteiger partial charge in [0.1, 0.15) is 0 Å². The minimum absolute atomic E-state index is 0.134. The Bertz CT molecular complexity index is 481. The third-order valence-corrected chi connectivity index (χ3v) is 4.24. The van der Waals surface area contributed by atoms with E-state index in [4.69, 9.17) is 4.74 Å². The van der Waals surface area contributed by atoms with Gasteiger partial charge in [-0.25, -0.2) is 13.1 Å². The maximum Gasteiger partial charge on any atom is 0.240 e. The fraction of sp³-hybridized carbons (Fsp3) is 0.500. The number of nitrogens with one attached hydrogen (secondary N) is 2. The van der Waals surface area contributed by atoms with Crippen LogP contribution in [0, 0.1) is 0 Å². The van der Waals surface area contributed by atoms with Gasteiger partial charge in [0, 0.05) is 25.4 Å². The van der Waals surface area contributed by atoms with E-state index in [1.165, 1.54) is 0 Å². The van der Waals surface area contributed by atoms with E-state index in [1.807, 2.05) is 0 Å². The van der Waals surface area contributed by atoms with Gasteiger partial charge in [-0.1, -0.05) is 0 Å². The number of methoxy groups -OCH3 is 1. The average Bonchev–Trinajstić information content (AvgIpc) is 3.13. The highest BCUT2D eigenvalue weighted by molar-refractivity contribution is 7.89. The van der Waals surface area contributed by atoms with Crippen LogP contribution in [0.2, 0.25) is 0 Å². The maximum absolute atomic E-state index is 11.9. The molecule has 18 heavy (non-hydrogen) atoms. The summed E-state index contributed by atoms with van der Waals surface area (Å²) in [5, 5.41) is 3.14. The second-order valence-electron chi connectivity index (χ2n) is 4.34. The molecule has 0 saturated heterocycles. The lowest BCUT2D eigenvalue weighted by Gasteiger charge is -2.08. The number of hydrogen-bond acceptors (Lipinski definition) is 4. The van der Waals surface area contributed by atoms with Crippen molar-refractivity contribution < 1.29 is 13.2 Å². The molecule has 0 atom stereocenters. The zero-order valence-electron chi connectivity index (χ0n) is 10.3. The zero-order chi connectivity index (χ0) is 13.0. The Morgan fingerprint density at radius 3 is 2.50 bits per heavy atom. The van der Waals surface area contributed by atoms with Crippen LogP contribution >= 0.6 is 0 Å². The Hall–Kier alpha value is -1.11. The highest BCUT2D eigenvalue weighted by Gasteiger charge is 2.27. The van der Waals surface area contributed by atoms with Gasteiger partial charge in [-0.05, 0) is 37.1 Å². The molecule has 2 N–H and O–H groups in total. The third-order valence-electron chi connectivity index (χ3n) is 2.70. The van der Waals surface area contributed by atoms with Crippen LogP contribution in [0.25, 0.3) is 0 Å². The number of rotatable bonds is 7. The van der Waals surface area contributed by atoms with Crippen LogP contribution in [-0.2, 0) is 14.8 Å². The highest BCUT2D eigenvalue weighted by atomic mass is 32.2. The standard InChI is InChI=1S/C12H18N2O3S/c1-17-9-8-13-10-4-6-12(7-5-10)18(15,16)14-11-2-3-11/h4-7,11,13-14H,2-3,8-9H2,1H3. The van der Waals surface area contributed by atoms with Crippen molar-refractivity contribution in [2.45, 2.75) is 23.8 Å². The summed E-state index contributed by atoms with van der Waals surface area (Å²) in [6.07, 6.45) is 1.88. The van der Waals surface area contributed by atoms with Crippen LogP contribution in [0.15, 0.2) is 29.2 Å². The molecule has 5 nitrogen and oxygen atoms in total. The van der Waals surface area contributed by atoms with Gasteiger partial charge in [-0.15, -0.1) is 0 Å². The molecule has 0 heterocycles. The fourth-order valence-corrected chi connectivity index (χ4v) is 2.84. The zero-order valence-corrected chi connectivity index (χ0v) is 11.2. The molecule has 0 bridgehead atoms. The van der Waals surface area contributed by atoms with Gasteiger partial charge in [0.25, 0.3) is 0 Å². The first kappa shape index (κ1) is 13.3. The van der Waals surface area contributed by atoms with Gasteiger partial charge < -0.3 is 10.1 Å². The lowest BCUT2D eigenvalue weighted by Crippen LogP contribution is -2.25. The number of anilines is 1. The van der Waals surface area contributed by atoms with Gasteiger partial charge in [0.05, 0.1) is 11.5 Å². The van der Waals surface area contributed by atoms with Crippen molar-refractivity contribution in [3.8, 4) is 0 Å². The van der Waals surface area contributed by atoms with Crippen molar-refractivity contribution in [2.75, 3.05) is 25.6 Å². The number of sulfonamides is 1. The Kier molecular flexibility index (Phi) is 4.21. The topological polar surface area (TPSA) is 67.4 Å². The molecule has 1 saturated carbocycles. The second kappa shape index (κ2) is 5.69. The van der Waals surface area contributed by atoms with Gasteiger partial charge in [-0.3, -0.25) is 0 Å². The molecule has 1 aromatic rings. The highest BCUT2D eigenvalue weighted by Crippen LogP contribution is 2.22. The molecule has 6 heteroatoms. The maximum atomic E-state index is 11.9. The molecule has 0 spiro atoms. The smallest absolute Gasteiger partial charge is 0.240 e. The first-order valence-electron chi connectivity index (χ1n) is 5.97. The van der Waals surface area contributed by atoms with E-state index in [2.05, 4.69) is 10.0 Å². The molecule has 0 radical (unpaired) electrons. The summed E-state index contributed by atoms with van der Waals surface area (Å²) < 4.78 is 31.4. The molecular weight excluding hydrogens is 252 g/mol. The first-order chi connectivity index (χ1) is 8.62. The lowest BCUT2D eigenvalue weighted by molar-refractivity contribution is 0.211. The minimum atomic E-state index is -3.34. The number of ether oxygens (including phenoxy) is 1. The van der Waals surface area contributed by atoms with Gasteiger partial charge in [0.15, 0.2) is 0 Å². The fourth-order valence-electron chi connectivity index (χ4n) is 1.54. The molecule has 1 fully saturated rings. The van der Waals surface area contributed by atoms with E-state index in [0.29, 0.717) is 18.0 Å². The van der Waals surface area contributed by atoms with Crippen molar-refractivity contribution >= 4 is 15.7 Å². The van der Waals surface area contributed by atoms with Crippen LogP contribution in [0.5, 0.6) is 0 Å². The summed E-state index contributed by atoms with van der Waals surface area (Å²) in [6, 6.07) is 6.88. The van der Waals surface area contributed by atoms with E-state index in [9.17, 15) is 8.42 Å². The molecule has 1 aromatic carbocycles. The molecule has 1 aliphatic carbocycles. The van der Waals surface area contributed by atoms with E-state index >= 15 is 0 Å². The van der Waals surface area contributed by atoms with E-state index in [-0.39, 0.29) is 6.04 Å². The molecule has 0 aromatic heterocycles. The predicted molar refractivity (Wildman–Crippen MR) is 70.2 cm³/mol. The van der Waals surface area contributed by atoms with Crippen molar-refractivity contribution in [1.82, 2.24) is 4.72 Å². The molecule has 0 aliphatic heterocycles. The Balaban J connectivity index is 1.97. The molecule has 1 aliphatic rings. The monoisotopic (exact) mass is 270 g/mol. The summed E-state index contributed by atoms with van der Waals surface area (Å²) in [6.45, 7) is 1.31. The Labute approximate surface area is 108 Å². The third kappa shape index (κ3) is 3.69. The van der Waals surface area contributed by atoms with Crippen molar-refractivity contribution in [1.29, 1.82) is 0 Å². The van der Waals surface area contributed by atoms with E-state index in [0.717, 1.165) is 18.5 Å². The largest absolute Gasteiger partial charge is 0.383 e. The average molecular weight is 270 g/mol. The Morgan fingerprint density at radius 1 is 1.28 bits per heavy atom. The summed E-state index contributed by atoms with van der Waals surface area (Å²) in [4.78, 5) is 0.312. The first-order valence-corrected chi connectivity index (χ1v) is 7.45. The number of hydrogen-bond donors (Lipinski definition) is 2. The summed E-state index contributed by atoms with van der Waals surface area (Å²) in [5.41, 5.74) is 0.887. The molecule has 0 unspecified atom stereocenters. The molecule has 0 amide bonds. The second-order valence-corrected chi connectivity index (χ2v) is 6.05. The van der Waals surface area contributed by atoms with Crippen LogP contribution in [0.1, 0.15) is 12.8 Å². The van der Waals surface area contributed by atoms with Gasteiger partial charge in [-0.2, -0.15) is 0 Å². The van der Waals surface area contributed by atoms with Crippen LogP contribution in [0.3, 0.4) is 0 Å². The number of benzene rings is 1. The van der Waals surface area contributed by atoms with Crippen LogP contribution in [0.4, 0.5) is 5.69 Å². The molecule has 2 rings (SSSR count). The van der Waals surface area contributed by atoms with Crippen LogP contribution in [-0.4, -0.2) is 34.7 Å². The summed E-state index contributed by atoms with van der Waals surface area (Å²) in [5.74, 6) is 0. The van der Waals surface area contributed by atoms with Crippen LogP contribution < -0.4 is 10.0 Å². The van der Waals surface area contributed by atoms with E-state index < -0.39 is 10.0 Å². The lowest BCUT2D eigenvalue weighted by atomic mass is 10.3. The quantitative estimate of drug-likeness (QED) is 0.730. The van der Waals surface area contributed by atoms with Gasteiger partial charge in [0.2, 0.25) is 10.0 Å². The summed E-state index contributed by atoms with van der Waals surface area (Å²) in [7, 11) is -1.70. The minimum Gasteiger partial charge on any atom is -0.383 e. The predicted octanol–water partition coefficient (Wildman–Crippen LogP) is 1.19. The van der Waals surface area contributed by atoms with Crippen molar-refractivity contribution in [3.63, 3.8) is 0 Å². The van der Waals surface area contributed by atoms with Crippen molar-refractivity contribution in [2.24, 2.45) is 0 Å². The van der Waals surface area contributed by atoms with Crippen molar-refractivity contribution in [3.05, 3.63) is 24.3 Å². The normalized spacial score (nSPS) is 15.6. The van der Waals surface area contributed by atoms with Gasteiger partial charge >= 0.3 is 0 Å². The summed E-state index contributed by atoms with van der Waals surface area (Å²) >= 11 is 0. The van der Waals surface area contributed by atoms with E-state index in [1.54, 1.807) is 31.4 Å². The SMILES string of the molecule is COCCNc1ccc(S(=O)(=O)NC2CC2)cc1.